The Morgan fingerprint density at radius 2 is 1.23 bits per heavy atom. The molecule has 1 aliphatic heterocycles. The van der Waals surface area contributed by atoms with Crippen molar-refractivity contribution < 1.29 is 24.8 Å². The molecule has 0 fully saturated rings. The number of aromatic nitrogens is 2. The number of hydrogen-bond acceptors (Lipinski definition) is 2. The van der Waals surface area contributed by atoms with Crippen molar-refractivity contribution in [1.82, 2.24) is 9.55 Å². The normalized spacial score (nSPS) is 13.3. The summed E-state index contributed by atoms with van der Waals surface area (Å²) in [4.78, 5) is 6.75. The molecule has 0 saturated heterocycles. The fourth-order valence-corrected chi connectivity index (χ4v) is 14.5. The zero-order valence-corrected chi connectivity index (χ0v) is 34.8. The maximum absolute atomic E-state index is 16.9. The van der Waals surface area contributed by atoms with Crippen LogP contribution in [0.3, 0.4) is 0 Å². The van der Waals surface area contributed by atoms with Crippen LogP contribution in [0.2, 0.25) is 0 Å². The largest absolute Gasteiger partial charge is 0.358 e. The van der Waals surface area contributed by atoms with E-state index in [0.29, 0.717) is 11.1 Å². The number of fused-ring (bicyclic) bond motifs is 6. The molecule has 290 valence electrons. The molecule has 0 bridgehead atoms. The molecule has 0 radical (unpaired) electrons. The van der Waals surface area contributed by atoms with Crippen molar-refractivity contribution in [2.24, 2.45) is 0 Å². The van der Waals surface area contributed by atoms with Crippen LogP contribution in [0.4, 0.5) is 21.5 Å². The first-order valence-corrected chi connectivity index (χ1v) is 21.9. The molecule has 60 heavy (non-hydrogen) atoms. The minimum atomic E-state index is -3.13. The molecule has 1 atom stereocenters. The van der Waals surface area contributed by atoms with Crippen LogP contribution in [0.5, 0.6) is 0 Å². The molecule has 0 spiro atoms. The molecule has 0 amide bonds. The maximum Gasteiger partial charge on any atom is 0.128 e. The summed E-state index contributed by atoms with van der Waals surface area (Å²) in [5.41, 5.74) is 8.46. The Kier molecular flexibility index (Phi) is 9.70. The van der Waals surface area contributed by atoms with Crippen molar-refractivity contribution in [3.8, 4) is 16.9 Å². The second-order valence-electron chi connectivity index (χ2n) is 14.9. The van der Waals surface area contributed by atoms with Crippen LogP contribution in [-0.4, -0.2) is 17.6 Å². The Morgan fingerprint density at radius 3 is 1.97 bits per heavy atom. The van der Waals surface area contributed by atoms with Gasteiger partial charge in [0.15, 0.2) is 0 Å². The third-order valence-electron chi connectivity index (χ3n) is 11.7. The zero-order chi connectivity index (χ0) is 39.3. The van der Waals surface area contributed by atoms with E-state index in [1.807, 2.05) is 54.6 Å². The molecular weight excluding hydrogens is 844 g/mol. The molecule has 0 aliphatic carbocycles. The van der Waals surface area contributed by atoms with Crippen LogP contribution < -0.4 is 25.6 Å². The van der Waals surface area contributed by atoms with E-state index < -0.39 is 14.2 Å². The first kappa shape index (κ1) is 37.6. The van der Waals surface area contributed by atoms with E-state index in [9.17, 15) is 0 Å². The molecule has 0 saturated carbocycles. The molecule has 1 aliphatic rings. The predicted molar refractivity (Wildman–Crippen MR) is 242 cm³/mol. The van der Waals surface area contributed by atoms with Crippen LogP contribution in [0.1, 0.15) is 17.3 Å². The molecule has 2 aromatic heterocycles. The summed E-state index contributed by atoms with van der Waals surface area (Å²) in [7, 11) is -3.13. The third kappa shape index (κ3) is 5.91. The smallest absolute Gasteiger partial charge is 0.128 e. The molecule has 8 aromatic carbocycles. The first-order chi connectivity index (χ1) is 29.2. The number of nitrogens with zero attached hydrogens (tertiary/aromatic N) is 3. The Bertz CT molecular complexity index is 3100. The summed E-state index contributed by atoms with van der Waals surface area (Å²) < 4.78 is 19.3. The Balaban J connectivity index is 0.00000433. The number of alkyl halides is 1. The summed E-state index contributed by atoms with van der Waals surface area (Å²) >= 11 is 0. The SMILES string of the molecule is FC(c1[c-]c(-c2ccccn2)ccc1)c1[c-]c(N2c3[c-]cccc3[Si](c3ccccc3)(c3ccccc3)c3c2ccc2c3c3ccccc3n2-c2ccccc2)ccc1.[Pd]. The van der Waals surface area contributed by atoms with E-state index >= 15 is 4.39 Å². The van der Waals surface area contributed by atoms with Crippen LogP contribution in [-0.2, 0) is 20.4 Å². The fourth-order valence-electron chi connectivity index (χ4n) is 9.26. The van der Waals surface area contributed by atoms with E-state index in [2.05, 4.69) is 172 Å². The van der Waals surface area contributed by atoms with Gasteiger partial charge in [0.1, 0.15) is 14.2 Å². The second kappa shape index (κ2) is 15.5. The Labute approximate surface area is 363 Å². The number of anilines is 3. The van der Waals surface area contributed by atoms with Gasteiger partial charge in [-0.3, -0.25) is 0 Å². The summed E-state index contributed by atoms with van der Waals surface area (Å²) in [6, 6.07) is 80.1. The van der Waals surface area contributed by atoms with Crippen LogP contribution in [0, 0.1) is 18.2 Å². The minimum Gasteiger partial charge on any atom is -0.358 e. The fraction of sp³-hybridized carbons (Fsp3) is 0.0185. The van der Waals surface area contributed by atoms with E-state index in [0.717, 1.165) is 45.0 Å². The van der Waals surface area contributed by atoms with Gasteiger partial charge < -0.3 is 14.5 Å². The number of pyridine rings is 1. The number of benzene rings is 8. The summed E-state index contributed by atoms with van der Waals surface area (Å²) in [6.45, 7) is 0. The third-order valence-corrected chi connectivity index (χ3v) is 16.5. The maximum atomic E-state index is 16.9. The van der Waals surface area contributed by atoms with Crippen molar-refractivity contribution >= 4 is 67.7 Å². The van der Waals surface area contributed by atoms with Crippen molar-refractivity contribution in [3.05, 3.63) is 236 Å². The average Bonchev–Trinajstić information content (AvgIpc) is 3.66. The van der Waals surface area contributed by atoms with Gasteiger partial charge >= 0.3 is 0 Å². The number of halogens is 1. The number of hydrogen-bond donors (Lipinski definition) is 0. The van der Waals surface area contributed by atoms with Gasteiger partial charge in [-0.2, -0.15) is 42.5 Å². The molecule has 0 N–H and O–H groups in total. The molecule has 3 heterocycles. The van der Waals surface area contributed by atoms with Gasteiger partial charge in [0.05, 0.1) is 11.0 Å². The van der Waals surface area contributed by atoms with E-state index in [1.54, 1.807) is 12.3 Å². The quantitative estimate of drug-likeness (QED) is 0.118. The zero-order valence-electron chi connectivity index (χ0n) is 32.2. The van der Waals surface area contributed by atoms with Gasteiger partial charge in [-0.05, 0) is 47.3 Å². The second-order valence-corrected chi connectivity index (χ2v) is 18.6. The van der Waals surface area contributed by atoms with Crippen molar-refractivity contribution in [1.29, 1.82) is 0 Å². The van der Waals surface area contributed by atoms with Crippen molar-refractivity contribution in [2.45, 2.75) is 6.17 Å². The topological polar surface area (TPSA) is 21.1 Å². The van der Waals surface area contributed by atoms with Gasteiger partial charge in [0.2, 0.25) is 0 Å². The summed E-state index contributed by atoms with van der Waals surface area (Å²) in [6.07, 6.45) is 0.279. The van der Waals surface area contributed by atoms with Crippen LogP contribution in [0.15, 0.2) is 206 Å². The molecule has 11 rings (SSSR count). The molecular formula is C54H35FN3PdSi-3. The van der Waals surface area contributed by atoms with E-state index in [1.165, 1.54) is 31.5 Å². The minimum absolute atomic E-state index is 0. The van der Waals surface area contributed by atoms with E-state index in [-0.39, 0.29) is 20.4 Å². The number of rotatable bonds is 7. The van der Waals surface area contributed by atoms with E-state index in [4.69, 9.17) is 0 Å². The van der Waals surface area contributed by atoms with Gasteiger partial charge in [-0.1, -0.05) is 137 Å². The van der Waals surface area contributed by atoms with Gasteiger partial charge in [0.25, 0.3) is 0 Å². The molecule has 1 unspecified atom stereocenters. The standard InChI is InChI=1S/C54H35FN3Si.Pd/c55-53(39-19-16-18-38(36-39)46-29-14-15-35-56-46)40-20-17-23-42(37-40)58-48-31-12-13-32-51(48)59(43-24-6-2-7-25-43,44-26-8-3-9-27-44)54-50(58)34-33-49-52(54)45-28-10-11-30-47(45)57(49)41-21-4-1-5-22-41;/h1-30,32-35,53H;/q-3;. The van der Waals surface area contributed by atoms with Crippen LogP contribution in [0.25, 0.3) is 38.8 Å². The van der Waals surface area contributed by atoms with Crippen molar-refractivity contribution in [3.63, 3.8) is 0 Å². The predicted octanol–water partition coefficient (Wildman–Crippen LogP) is 10.5. The van der Waals surface area contributed by atoms with Crippen molar-refractivity contribution in [2.75, 3.05) is 4.90 Å². The first-order valence-electron chi connectivity index (χ1n) is 19.9. The van der Waals surface area contributed by atoms with Gasteiger partial charge in [0, 0.05) is 48.8 Å². The molecule has 10 aromatic rings. The van der Waals surface area contributed by atoms with Gasteiger partial charge in [-0.25, -0.2) is 4.39 Å². The summed E-state index contributed by atoms with van der Waals surface area (Å²) in [5, 5.41) is 7.43. The molecule has 3 nitrogen and oxygen atoms in total. The Morgan fingerprint density at radius 1 is 0.567 bits per heavy atom. The number of para-hydroxylation sites is 3. The summed E-state index contributed by atoms with van der Waals surface area (Å²) in [5.74, 6) is 0. The Hall–Kier alpha value is -6.68. The average molecular weight is 879 g/mol. The monoisotopic (exact) mass is 878 g/mol. The van der Waals surface area contributed by atoms with Crippen LogP contribution >= 0.6 is 0 Å². The van der Waals surface area contributed by atoms with Gasteiger partial charge in [-0.15, -0.1) is 46.6 Å². The molecule has 6 heteroatoms.